The van der Waals surface area contributed by atoms with E-state index >= 15 is 0 Å². The molecule has 2 aromatic carbocycles. The van der Waals surface area contributed by atoms with Gasteiger partial charge in [0, 0.05) is 10.5 Å². The van der Waals surface area contributed by atoms with Crippen LogP contribution in [-0.2, 0) is 10.8 Å². The zero-order valence-corrected chi connectivity index (χ0v) is 11.8. The van der Waals surface area contributed by atoms with E-state index in [-0.39, 0.29) is 5.78 Å². The summed E-state index contributed by atoms with van der Waals surface area (Å²) in [5.41, 5.74) is 1.72. The van der Waals surface area contributed by atoms with E-state index in [1.165, 1.54) is 0 Å². The molecule has 0 spiro atoms. The van der Waals surface area contributed by atoms with Crippen molar-refractivity contribution < 1.29 is 9.00 Å². The van der Waals surface area contributed by atoms with Crippen LogP contribution in [0.3, 0.4) is 0 Å². The molecule has 0 saturated carbocycles. The predicted octanol–water partition coefficient (Wildman–Crippen LogP) is 3.37. The van der Waals surface area contributed by atoms with Crippen molar-refractivity contribution in [1.29, 1.82) is 0 Å². The average molecular weight is 272 g/mol. The van der Waals surface area contributed by atoms with E-state index in [9.17, 15) is 9.00 Å². The number of carbonyl (C=O) groups excluding carboxylic acids is 1. The van der Waals surface area contributed by atoms with Crippen LogP contribution in [0.1, 0.15) is 22.8 Å². The van der Waals surface area contributed by atoms with Gasteiger partial charge in [0.15, 0.2) is 5.78 Å². The third-order valence-electron chi connectivity index (χ3n) is 3.00. The zero-order chi connectivity index (χ0) is 13.8. The maximum absolute atomic E-state index is 12.3. The highest BCUT2D eigenvalue weighted by molar-refractivity contribution is 7.86. The molecular formula is C16H16O2S. The average Bonchev–Trinajstić information content (AvgIpc) is 2.46. The van der Waals surface area contributed by atoms with E-state index in [1.54, 1.807) is 31.2 Å². The summed E-state index contributed by atoms with van der Waals surface area (Å²) in [6, 6.07) is 16.5. The van der Waals surface area contributed by atoms with Gasteiger partial charge in [-0.2, -0.15) is 0 Å². The first kappa shape index (κ1) is 13.7. The van der Waals surface area contributed by atoms with Crippen LogP contribution >= 0.6 is 0 Å². The molecule has 0 bridgehead atoms. The van der Waals surface area contributed by atoms with Crippen molar-refractivity contribution in [3.05, 3.63) is 65.7 Å². The van der Waals surface area contributed by atoms with Crippen LogP contribution in [0, 0.1) is 6.92 Å². The minimum Gasteiger partial charge on any atom is -0.293 e. The van der Waals surface area contributed by atoms with Gasteiger partial charge in [0.05, 0.1) is 16.0 Å². The van der Waals surface area contributed by atoms with Crippen molar-refractivity contribution in [2.75, 3.05) is 0 Å². The van der Waals surface area contributed by atoms with Gasteiger partial charge in [-0.1, -0.05) is 48.0 Å². The number of carbonyl (C=O) groups is 1. The van der Waals surface area contributed by atoms with Crippen molar-refractivity contribution in [1.82, 2.24) is 0 Å². The first-order valence-corrected chi connectivity index (χ1v) is 7.37. The molecule has 0 N–H and O–H groups in total. The highest BCUT2D eigenvalue weighted by atomic mass is 32.2. The van der Waals surface area contributed by atoms with Gasteiger partial charge in [-0.25, -0.2) is 0 Å². The summed E-state index contributed by atoms with van der Waals surface area (Å²) in [7, 11) is -1.31. The minimum absolute atomic E-state index is 0.0813. The highest BCUT2D eigenvalue weighted by Crippen LogP contribution is 2.15. The van der Waals surface area contributed by atoms with Crippen LogP contribution in [0.2, 0.25) is 0 Å². The molecular weight excluding hydrogens is 256 g/mol. The van der Waals surface area contributed by atoms with Crippen LogP contribution in [0.25, 0.3) is 0 Å². The third-order valence-corrected chi connectivity index (χ3v) is 4.60. The Morgan fingerprint density at radius 3 is 2.16 bits per heavy atom. The minimum atomic E-state index is -1.31. The van der Waals surface area contributed by atoms with Gasteiger partial charge in [-0.05, 0) is 26.0 Å². The van der Waals surface area contributed by atoms with E-state index in [2.05, 4.69) is 0 Å². The second-order valence-electron chi connectivity index (χ2n) is 4.48. The Hall–Kier alpha value is -1.74. The largest absolute Gasteiger partial charge is 0.293 e. The molecule has 2 atom stereocenters. The standard InChI is InChI=1S/C16H16O2S/c1-12-8-10-14(11-9-12)16(17)13(2)19(18)15-6-4-3-5-7-15/h3-11,13H,1-2H3. The number of ketones is 1. The molecule has 0 aliphatic rings. The normalized spacial score (nSPS) is 13.8. The lowest BCUT2D eigenvalue weighted by Crippen LogP contribution is -2.22. The zero-order valence-electron chi connectivity index (χ0n) is 11.0. The molecule has 0 aliphatic heterocycles. The third kappa shape index (κ3) is 3.18. The first-order valence-electron chi connectivity index (χ1n) is 6.16. The molecule has 2 nitrogen and oxygen atoms in total. The molecule has 98 valence electrons. The Bertz CT molecular complexity index is 588. The van der Waals surface area contributed by atoms with E-state index in [1.807, 2.05) is 37.3 Å². The van der Waals surface area contributed by atoms with Crippen LogP contribution in [-0.4, -0.2) is 15.2 Å². The Morgan fingerprint density at radius 2 is 1.58 bits per heavy atom. The molecule has 0 aromatic heterocycles. The Balaban J connectivity index is 2.20. The SMILES string of the molecule is Cc1ccc(C(=O)C(C)S(=O)c2ccccc2)cc1. The van der Waals surface area contributed by atoms with Crippen molar-refractivity contribution >= 4 is 16.6 Å². The number of Topliss-reactive ketones (excluding diaryl/α,β-unsaturated/α-hetero) is 1. The molecule has 0 fully saturated rings. The summed E-state index contributed by atoms with van der Waals surface area (Å²) in [6.45, 7) is 3.69. The number of aryl methyl sites for hydroxylation is 1. The Kier molecular flexibility index (Phi) is 4.27. The van der Waals surface area contributed by atoms with Crippen molar-refractivity contribution in [3.63, 3.8) is 0 Å². The fraction of sp³-hybridized carbons (Fsp3) is 0.188. The molecule has 2 rings (SSSR count). The Morgan fingerprint density at radius 1 is 1.00 bits per heavy atom. The van der Waals surface area contributed by atoms with Gasteiger partial charge >= 0.3 is 0 Å². The molecule has 3 heteroatoms. The quantitative estimate of drug-likeness (QED) is 0.800. The van der Waals surface area contributed by atoms with Crippen molar-refractivity contribution in [2.45, 2.75) is 24.0 Å². The summed E-state index contributed by atoms with van der Waals surface area (Å²) >= 11 is 0. The summed E-state index contributed by atoms with van der Waals surface area (Å²) in [5.74, 6) is -0.0813. The second-order valence-corrected chi connectivity index (χ2v) is 6.26. The number of hydrogen-bond acceptors (Lipinski definition) is 2. The van der Waals surface area contributed by atoms with Gasteiger partial charge in [0.1, 0.15) is 0 Å². The monoisotopic (exact) mass is 272 g/mol. The smallest absolute Gasteiger partial charge is 0.178 e. The molecule has 19 heavy (non-hydrogen) atoms. The predicted molar refractivity (Wildman–Crippen MR) is 77.8 cm³/mol. The lowest BCUT2D eigenvalue weighted by molar-refractivity contribution is 0.0992. The van der Waals surface area contributed by atoms with Crippen LogP contribution < -0.4 is 0 Å². The molecule has 0 heterocycles. The molecule has 2 aromatic rings. The molecule has 0 saturated heterocycles. The molecule has 0 radical (unpaired) electrons. The maximum atomic E-state index is 12.3. The summed E-state index contributed by atoms with van der Waals surface area (Å²) in [5, 5.41) is -0.537. The highest BCUT2D eigenvalue weighted by Gasteiger charge is 2.22. The summed E-state index contributed by atoms with van der Waals surface area (Å²) in [4.78, 5) is 13.0. The van der Waals surface area contributed by atoms with Gasteiger partial charge in [-0.15, -0.1) is 0 Å². The number of rotatable bonds is 4. The van der Waals surface area contributed by atoms with Gasteiger partial charge in [0.25, 0.3) is 0 Å². The molecule has 0 amide bonds. The number of hydrogen-bond donors (Lipinski definition) is 0. The van der Waals surface area contributed by atoms with E-state index in [0.717, 1.165) is 5.56 Å². The van der Waals surface area contributed by atoms with E-state index in [0.29, 0.717) is 10.5 Å². The number of benzene rings is 2. The first-order chi connectivity index (χ1) is 9.09. The summed E-state index contributed by atoms with van der Waals surface area (Å²) in [6.07, 6.45) is 0. The fourth-order valence-corrected chi connectivity index (χ4v) is 2.97. The molecule has 2 unspecified atom stereocenters. The van der Waals surface area contributed by atoms with Gasteiger partial charge in [0.2, 0.25) is 0 Å². The van der Waals surface area contributed by atoms with Crippen LogP contribution in [0.15, 0.2) is 59.5 Å². The van der Waals surface area contributed by atoms with E-state index in [4.69, 9.17) is 0 Å². The van der Waals surface area contributed by atoms with Crippen LogP contribution in [0.5, 0.6) is 0 Å². The van der Waals surface area contributed by atoms with Gasteiger partial charge < -0.3 is 0 Å². The van der Waals surface area contributed by atoms with E-state index < -0.39 is 16.0 Å². The maximum Gasteiger partial charge on any atom is 0.178 e. The lowest BCUT2D eigenvalue weighted by atomic mass is 10.1. The Labute approximate surface area is 115 Å². The van der Waals surface area contributed by atoms with Crippen molar-refractivity contribution in [3.8, 4) is 0 Å². The lowest BCUT2D eigenvalue weighted by Gasteiger charge is -2.10. The van der Waals surface area contributed by atoms with Gasteiger partial charge in [-0.3, -0.25) is 9.00 Å². The molecule has 0 aliphatic carbocycles. The van der Waals surface area contributed by atoms with Crippen molar-refractivity contribution in [2.24, 2.45) is 0 Å². The topological polar surface area (TPSA) is 34.1 Å². The fourth-order valence-electron chi connectivity index (χ4n) is 1.81. The summed E-state index contributed by atoms with van der Waals surface area (Å²) < 4.78 is 12.3. The van der Waals surface area contributed by atoms with Crippen LogP contribution in [0.4, 0.5) is 0 Å². The second kappa shape index (κ2) is 5.93.